The normalized spacial score (nSPS) is 22.3. The van der Waals surface area contributed by atoms with Crippen LogP contribution in [0.15, 0.2) is 29.8 Å². The molecular formula is C23H28N2O3. The number of imide groups is 1. The monoisotopic (exact) mass is 380 g/mol. The van der Waals surface area contributed by atoms with Gasteiger partial charge in [0.2, 0.25) is 0 Å². The second kappa shape index (κ2) is 7.90. The number of rotatable bonds is 4. The Hall–Kier alpha value is -2.43. The summed E-state index contributed by atoms with van der Waals surface area (Å²) in [5.74, 6) is -0.541. The smallest absolute Gasteiger partial charge is 0.261 e. The zero-order valence-corrected chi connectivity index (χ0v) is 16.6. The van der Waals surface area contributed by atoms with Crippen LogP contribution in [-0.4, -0.2) is 46.7 Å². The molecule has 5 heteroatoms. The number of benzene rings is 1. The van der Waals surface area contributed by atoms with Gasteiger partial charge in [0.05, 0.1) is 11.1 Å². The Morgan fingerprint density at radius 2 is 1.89 bits per heavy atom. The minimum atomic E-state index is -0.266. The Morgan fingerprint density at radius 3 is 2.64 bits per heavy atom. The molecule has 0 unspecified atom stereocenters. The van der Waals surface area contributed by atoms with Gasteiger partial charge in [-0.3, -0.25) is 19.3 Å². The van der Waals surface area contributed by atoms with Crippen molar-refractivity contribution >= 4 is 17.7 Å². The number of hydrogen-bond acceptors (Lipinski definition) is 3. The molecule has 1 aliphatic carbocycles. The zero-order valence-electron chi connectivity index (χ0n) is 16.6. The summed E-state index contributed by atoms with van der Waals surface area (Å²) in [6, 6.07) is 5.18. The van der Waals surface area contributed by atoms with E-state index in [1.54, 1.807) is 18.2 Å². The van der Waals surface area contributed by atoms with Crippen molar-refractivity contribution in [2.75, 3.05) is 13.1 Å². The predicted octanol–water partition coefficient (Wildman–Crippen LogP) is 4.19. The molecule has 28 heavy (non-hydrogen) atoms. The van der Waals surface area contributed by atoms with Gasteiger partial charge < -0.3 is 4.90 Å². The number of likely N-dealkylation sites (tertiary alicyclic amines) is 1. The average Bonchev–Trinajstić information content (AvgIpc) is 2.96. The van der Waals surface area contributed by atoms with Gasteiger partial charge in [0, 0.05) is 24.7 Å². The van der Waals surface area contributed by atoms with Crippen molar-refractivity contribution in [2.45, 2.75) is 64.3 Å². The quantitative estimate of drug-likeness (QED) is 0.581. The van der Waals surface area contributed by atoms with E-state index in [-0.39, 0.29) is 23.8 Å². The Kier molecular flexibility index (Phi) is 5.33. The number of amides is 3. The van der Waals surface area contributed by atoms with Crippen molar-refractivity contribution in [2.24, 2.45) is 0 Å². The molecule has 1 aromatic rings. The first kappa shape index (κ1) is 18.9. The van der Waals surface area contributed by atoms with E-state index >= 15 is 0 Å². The van der Waals surface area contributed by atoms with Crippen molar-refractivity contribution in [3.63, 3.8) is 0 Å². The molecule has 1 aromatic carbocycles. The van der Waals surface area contributed by atoms with E-state index in [4.69, 9.17) is 0 Å². The minimum absolute atomic E-state index is 0.0407. The van der Waals surface area contributed by atoms with Crippen molar-refractivity contribution in [1.82, 2.24) is 9.80 Å². The summed E-state index contributed by atoms with van der Waals surface area (Å²) in [7, 11) is 0. The van der Waals surface area contributed by atoms with Crippen LogP contribution in [0.25, 0.3) is 0 Å². The molecule has 4 rings (SSSR count). The lowest BCUT2D eigenvalue weighted by molar-refractivity contribution is 0.0633. The molecule has 3 amide bonds. The fraction of sp³-hybridized carbons (Fsp3) is 0.522. The average molecular weight is 380 g/mol. The molecule has 0 aromatic heterocycles. The number of fused-ring (bicyclic) bond motifs is 1. The number of carbonyl (C=O) groups is 3. The minimum Gasteiger partial charge on any atom is -0.336 e. The third-order valence-electron chi connectivity index (χ3n) is 6.32. The van der Waals surface area contributed by atoms with Crippen molar-refractivity contribution in [3.05, 3.63) is 46.5 Å². The highest BCUT2D eigenvalue weighted by atomic mass is 16.2. The fourth-order valence-electron chi connectivity index (χ4n) is 4.58. The number of allylic oxidation sites excluding steroid dienone is 1. The van der Waals surface area contributed by atoms with Crippen LogP contribution in [0.3, 0.4) is 0 Å². The molecule has 1 fully saturated rings. The van der Waals surface area contributed by atoms with Gasteiger partial charge in [-0.1, -0.05) is 11.6 Å². The molecule has 0 spiro atoms. The van der Waals surface area contributed by atoms with E-state index in [1.165, 1.54) is 23.3 Å². The first-order chi connectivity index (χ1) is 13.6. The van der Waals surface area contributed by atoms with Gasteiger partial charge in [-0.25, -0.2) is 0 Å². The van der Waals surface area contributed by atoms with Gasteiger partial charge in [-0.15, -0.1) is 0 Å². The maximum atomic E-state index is 12.9. The third-order valence-corrected chi connectivity index (χ3v) is 6.32. The largest absolute Gasteiger partial charge is 0.336 e. The molecule has 0 saturated carbocycles. The van der Waals surface area contributed by atoms with E-state index < -0.39 is 0 Å². The van der Waals surface area contributed by atoms with Gasteiger partial charge in [-0.2, -0.15) is 0 Å². The number of nitrogens with zero attached hydrogens (tertiary/aromatic N) is 2. The van der Waals surface area contributed by atoms with Crippen LogP contribution in [0.1, 0.15) is 89.4 Å². The summed E-state index contributed by atoms with van der Waals surface area (Å²) < 4.78 is 0. The van der Waals surface area contributed by atoms with E-state index in [0.29, 0.717) is 23.2 Å². The Balaban J connectivity index is 1.50. The second-order valence-electron chi connectivity index (χ2n) is 8.22. The van der Waals surface area contributed by atoms with Gasteiger partial charge in [-0.05, 0) is 76.5 Å². The molecule has 1 saturated heterocycles. The molecule has 1 atom stereocenters. The maximum Gasteiger partial charge on any atom is 0.261 e. The van der Waals surface area contributed by atoms with Crippen LogP contribution < -0.4 is 0 Å². The maximum absolute atomic E-state index is 12.9. The molecule has 0 radical (unpaired) electrons. The highest BCUT2D eigenvalue weighted by Gasteiger charge is 2.36. The van der Waals surface area contributed by atoms with E-state index in [0.717, 1.165) is 45.1 Å². The van der Waals surface area contributed by atoms with E-state index in [1.807, 2.05) is 4.90 Å². The lowest BCUT2D eigenvalue weighted by Crippen LogP contribution is -2.42. The van der Waals surface area contributed by atoms with Gasteiger partial charge in [0.1, 0.15) is 0 Å². The van der Waals surface area contributed by atoms with Crippen LogP contribution in [0, 0.1) is 0 Å². The third kappa shape index (κ3) is 3.50. The van der Waals surface area contributed by atoms with Crippen molar-refractivity contribution in [3.8, 4) is 0 Å². The molecule has 2 aliphatic heterocycles. The molecular weight excluding hydrogens is 352 g/mol. The topological polar surface area (TPSA) is 57.7 Å². The first-order valence-corrected chi connectivity index (χ1v) is 10.6. The standard InChI is InChI=1S/C23H28N2O3/c1-16-7-5-6-13-24(16)21(26)18-10-11-19-20(15-18)23(28)25(22(19)27)14-12-17-8-3-2-4-9-17/h8,10-11,15-16H,2-7,9,12-14H2,1H3/t16-/m1/s1. The summed E-state index contributed by atoms with van der Waals surface area (Å²) in [5, 5.41) is 0. The second-order valence-corrected chi connectivity index (χ2v) is 8.22. The van der Waals surface area contributed by atoms with Crippen LogP contribution >= 0.6 is 0 Å². The van der Waals surface area contributed by atoms with Crippen LogP contribution in [-0.2, 0) is 0 Å². The summed E-state index contributed by atoms with van der Waals surface area (Å²) in [5.41, 5.74) is 2.65. The SMILES string of the molecule is C[C@@H]1CCCCN1C(=O)c1ccc2c(c1)C(=O)N(CCC1=CCCCC1)C2=O. The summed E-state index contributed by atoms with van der Waals surface area (Å²) >= 11 is 0. The lowest BCUT2D eigenvalue weighted by Gasteiger charge is -2.33. The summed E-state index contributed by atoms with van der Waals surface area (Å²) in [4.78, 5) is 41.7. The molecule has 3 aliphatic rings. The molecule has 5 nitrogen and oxygen atoms in total. The van der Waals surface area contributed by atoms with E-state index in [9.17, 15) is 14.4 Å². The Labute approximate surface area is 166 Å². The Morgan fingerprint density at radius 1 is 1.07 bits per heavy atom. The Bertz CT molecular complexity index is 842. The number of carbonyl (C=O) groups excluding carboxylic acids is 3. The molecule has 0 N–H and O–H groups in total. The number of hydrogen-bond donors (Lipinski definition) is 0. The van der Waals surface area contributed by atoms with Crippen LogP contribution in [0.4, 0.5) is 0 Å². The molecule has 2 heterocycles. The molecule has 148 valence electrons. The van der Waals surface area contributed by atoms with Crippen LogP contribution in [0.5, 0.6) is 0 Å². The predicted molar refractivity (Wildman–Crippen MR) is 107 cm³/mol. The van der Waals surface area contributed by atoms with Gasteiger partial charge in [0.15, 0.2) is 0 Å². The highest BCUT2D eigenvalue weighted by molar-refractivity contribution is 6.22. The van der Waals surface area contributed by atoms with Crippen molar-refractivity contribution in [1.29, 1.82) is 0 Å². The number of piperidine rings is 1. The molecule has 0 bridgehead atoms. The van der Waals surface area contributed by atoms with Crippen LogP contribution in [0.2, 0.25) is 0 Å². The summed E-state index contributed by atoms with van der Waals surface area (Å²) in [6.45, 7) is 3.25. The van der Waals surface area contributed by atoms with Crippen molar-refractivity contribution < 1.29 is 14.4 Å². The highest BCUT2D eigenvalue weighted by Crippen LogP contribution is 2.28. The summed E-state index contributed by atoms with van der Waals surface area (Å²) in [6.07, 6.45) is 10.7. The zero-order chi connectivity index (χ0) is 19.7. The lowest BCUT2D eigenvalue weighted by atomic mass is 9.97. The fourth-order valence-corrected chi connectivity index (χ4v) is 4.58. The van der Waals surface area contributed by atoms with Gasteiger partial charge in [0.25, 0.3) is 17.7 Å². The first-order valence-electron chi connectivity index (χ1n) is 10.6. The van der Waals surface area contributed by atoms with Gasteiger partial charge >= 0.3 is 0 Å². The van der Waals surface area contributed by atoms with E-state index in [2.05, 4.69) is 13.0 Å².